The maximum atomic E-state index is 13.0. The molecule has 0 bridgehead atoms. The first-order chi connectivity index (χ1) is 15.1. The fraction of sp³-hybridized carbons (Fsp3) is 0.964. The number of ether oxygens (including phenoxy) is 2. The van der Waals surface area contributed by atoms with Crippen LogP contribution in [0.1, 0.15) is 93.4 Å². The smallest absolute Gasteiger partial charge is 0.192 e. The average Bonchev–Trinajstić information content (AvgIpc) is 3.17. The van der Waals surface area contributed by atoms with Gasteiger partial charge in [-0.2, -0.15) is 0 Å². The van der Waals surface area contributed by atoms with E-state index < -0.39 is 14.1 Å². The SMILES string of the molecule is CC1(C)O[C@@H]2C3C(CC[C@]4(C)C(=O)CCC34)[C@@]3(C)CCC(O[Si](C)(C)C(C)(C)C)CC3[C@H]2O1. The standard InChI is InChI=1S/C28H48O4Si/c1-25(2,3)33(8,9)32-17-12-14-27(6)19-13-15-28(7)18(10-11-21(28)29)22(19)24-23(20(27)16-17)30-26(4,5)31-24/h17-20,22-24H,10-16H2,1-9H3/t17?,18?,19?,20?,22?,23-,24-,27-,28+/m1/s1. The van der Waals surface area contributed by atoms with Crippen LogP contribution in [0.25, 0.3) is 0 Å². The molecule has 1 heterocycles. The number of rotatable bonds is 2. The highest BCUT2D eigenvalue weighted by Crippen LogP contribution is 2.68. The van der Waals surface area contributed by atoms with Gasteiger partial charge in [0.15, 0.2) is 14.1 Å². The van der Waals surface area contributed by atoms with Crippen LogP contribution in [0.3, 0.4) is 0 Å². The van der Waals surface area contributed by atoms with Gasteiger partial charge in [0, 0.05) is 17.9 Å². The highest BCUT2D eigenvalue weighted by atomic mass is 28.4. The second-order valence-electron chi connectivity index (χ2n) is 14.7. The molecule has 0 aromatic carbocycles. The molecule has 0 aromatic heterocycles. The molecule has 4 saturated carbocycles. The van der Waals surface area contributed by atoms with Gasteiger partial charge in [0.25, 0.3) is 0 Å². The maximum Gasteiger partial charge on any atom is 0.192 e. The van der Waals surface area contributed by atoms with Crippen molar-refractivity contribution in [3.05, 3.63) is 0 Å². The highest BCUT2D eigenvalue weighted by molar-refractivity contribution is 6.74. The van der Waals surface area contributed by atoms with E-state index in [0.717, 1.165) is 38.5 Å². The topological polar surface area (TPSA) is 44.8 Å². The highest BCUT2D eigenvalue weighted by Gasteiger charge is 2.68. The Morgan fingerprint density at radius 1 is 0.909 bits per heavy atom. The molecule has 0 aromatic rings. The number of hydrogen-bond acceptors (Lipinski definition) is 4. The number of hydrogen-bond donors (Lipinski definition) is 0. The second kappa shape index (κ2) is 7.40. The number of carbonyl (C=O) groups is 1. The lowest BCUT2D eigenvalue weighted by molar-refractivity contribution is -0.185. The van der Waals surface area contributed by atoms with Crippen LogP contribution in [0.15, 0.2) is 0 Å². The summed E-state index contributed by atoms with van der Waals surface area (Å²) in [5, 5.41) is 0.228. The fourth-order valence-corrected chi connectivity index (χ4v) is 10.0. The normalized spacial score (nSPS) is 49.2. The first-order valence-corrected chi connectivity index (χ1v) is 16.6. The summed E-state index contributed by atoms with van der Waals surface area (Å²) in [7, 11) is -1.81. The molecule has 0 spiro atoms. The van der Waals surface area contributed by atoms with Crippen molar-refractivity contribution in [3.8, 4) is 0 Å². The summed E-state index contributed by atoms with van der Waals surface area (Å²) >= 11 is 0. The minimum absolute atomic E-state index is 0.116. The van der Waals surface area contributed by atoms with Crippen LogP contribution >= 0.6 is 0 Å². The zero-order valence-electron chi connectivity index (χ0n) is 22.6. The van der Waals surface area contributed by atoms with Gasteiger partial charge in [-0.15, -0.1) is 0 Å². The van der Waals surface area contributed by atoms with Crippen molar-refractivity contribution in [3.63, 3.8) is 0 Å². The number of fused-ring (bicyclic) bond motifs is 8. The van der Waals surface area contributed by atoms with Gasteiger partial charge in [0.1, 0.15) is 5.78 Å². The Bertz CT molecular complexity index is 815. The van der Waals surface area contributed by atoms with E-state index in [1.165, 1.54) is 6.42 Å². The Balaban J connectivity index is 1.47. The first kappa shape index (κ1) is 24.5. The van der Waals surface area contributed by atoms with Crippen molar-refractivity contribution in [1.29, 1.82) is 0 Å². The van der Waals surface area contributed by atoms with Crippen molar-refractivity contribution >= 4 is 14.1 Å². The molecule has 33 heavy (non-hydrogen) atoms. The zero-order valence-corrected chi connectivity index (χ0v) is 23.6. The Labute approximate surface area is 203 Å². The summed E-state index contributed by atoms with van der Waals surface area (Å²) < 4.78 is 20.4. The third-order valence-electron chi connectivity index (χ3n) is 11.5. The molecule has 0 amide bonds. The molecule has 0 radical (unpaired) electrons. The molecule has 9 atom stereocenters. The zero-order chi connectivity index (χ0) is 24.2. The minimum Gasteiger partial charge on any atom is -0.414 e. The average molecular weight is 477 g/mol. The van der Waals surface area contributed by atoms with Crippen LogP contribution in [0, 0.1) is 34.5 Å². The van der Waals surface area contributed by atoms with Crippen LogP contribution in [0.4, 0.5) is 0 Å². The van der Waals surface area contributed by atoms with E-state index in [4.69, 9.17) is 13.9 Å². The summed E-state index contributed by atoms with van der Waals surface area (Å²) in [6.07, 6.45) is 8.05. The Morgan fingerprint density at radius 3 is 2.24 bits per heavy atom. The van der Waals surface area contributed by atoms with Crippen LogP contribution < -0.4 is 0 Å². The van der Waals surface area contributed by atoms with Crippen LogP contribution in [-0.2, 0) is 18.7 Å². The van der Waals surface area contributed by atoms with Gasteiger partial charge in [-0.1, -0.05) is 34.6 Å². The Kier molecular flexibility index (Phi) is 5.48. The van der Waals surface area contributed by atoms with Gasteiger partial charge in [-0.05, 0) is 99.6 Å². The van der Waals surface area contributed by atoms with E-state index in [1.807, 2.05) is 0 Å². The summed E-state index contributed by atoms with van der Waals surface area (Å²) in [5.74, 6) is 1.94. The van der Waals surface area contributed by atoms with Gasteiger partial charge >= 0.3 is 0 Å². The van der Waals surface area contributed by atoms with E-state index >= 15 is 0 Å². The summed E-state index contributed by atoms with van der Waals surface area (Å²) in [4.78, 5) is 13.0. The van der Waals surface area contributed by atoms with Crippen molar-refractivity contribution in [1.82, 2.24) is 0 Å². The van der Waals surface area contributed by atoms with Crippen molar-refractivity contribution < 1.29 is 18.7 Å². The quantitative estimate of drug-likeness (QED) is 0.415. The van der Waals surface area contributed by atoms with E-state index in [1.54, 1.807) is 0 Å². The predicted molar refractivity (Wildman–Crippen MR) is 133 cm³/mol. The number of Topliss-reactive ketones (excluding diaryl/α,β-unsaturated/α-hetero) is 1. The minimum atomic E-state index is -1.81. The monoisotopic (exact) mass is 476 g/mol. The van der Waals surface area contributed by atoms with Crippen molar-refractivity contribution in [2.75, 3.05) is 0 Å². The van der Waals surface area contributed by atoms with E-state index in [9.17, 15) is 4.79 Å². The van der Waals surface area contributed by atoms with E-state index in [2.05, 4.69) is 61.6 Å². The van der Waals surface area contributed by atoms with Crippen LogP contribution in [0.5, 0.6) is 0 Å². The molecule has 5 aliphatic rings. The molecule has 4 nitrogen and oxygen atoms in total. The molecule has 5 heteroatoms. The van der Waals surface area contributed by atoms with Crippen molar-refractivity contribution in [2.24, 2.45) is 34.5 Å². The molecular formula is C28H48O4Si. The summed E-state index contributed by atoms with van der Waals surface area (Å²) in [5.41, 5.74) is 0.101. The van der Waals surface area contributed by atoms with E-state index in [-0.39, 0.29) is 28.1 Å². The number of carbonyl (C=O) groups excluding carboxylic acids is 1. The van der Waals surface area contributed by atoms with Gasteiger partial charge in [0.2, 0.25) is 0 Å². The molecule has 0 N–H and O–H groups in total. The Hall–Kier alpha value is -0.233. The Morgan fingerprint density at radius 2 is 1.58 bits per heavy atom. The lowest BCUT2D eigenvalue weighted by Gasteiger charge is -2.63. The van der Waals surface area contributed by atoms with Gasteiger partial charge in [-0.3, -0.25) is 4.79 Å². The fourth-order valence-electron chi connectivity index (χ4n) is 8.62. The first-order valence-electron chi connectivity index (χ1n) is 13.7. The lowest BCUT2D eigenvalue weighted by atomic mass is 9.44. The third kappa shape index (κ3) is 3.57. The largest absolute Gasteiger partial charge is 0.414 e. The van der Waals surface area contributed by atoms with E-state index in [0.29, 0.717) is 35.6 Å². The molecule has 1 saturated heterocycles. The molecule has 188 valence electrons. The molecular weight excluding hydrogens is 428 g/mol. The van der Waals surface area contributed by atoms with Gasteiger partial charge < -0.3 is 13.9 Å². The molecule has 5 rings (SSSR count). The van der Waals surface area contributed by atoms with Crippen LogP contribution in [0.2, 0.25) is 18.1 Å². The summed E-state index contributed by atoms with van der Waals surface area (Å²) in [6, 6.07) is 0. The predicted octanol–water partition coefficient (Wildman–Crippen LogP) is 6.73. The van der Waals surface area contributed by atoms with Crippen molar-refractivity contribution in [2.45, 2.75) is 136 Å². The maximum absolute atomic E-state index is 13.0. The van der Waals surface area contributed by atoms with Gasteiger partial charge in [0.05, 0.1) is 12.2 Å². The molecule has 4 aliphatic carbocycles. The number of ketones is 1. The summed E-state index contributed by atoms with van der Waals surface area (Å²) in [6.45, 7) is 20.8. The molecule has 1 aliphatic heterocycles. The van der Waals surface area contributed by atoms with Gasteiger partial charge in [-0.25, -0.2) is 0 Å². The lowest BCUT2D eigenvalue weighted by Crippen LogP contribution is -2.63. The third-order valence-corrected chi connectivity index (χ3v) is 16.0. The molecule has 5 fully saturated rings. The second-order valence-corrected chi connectivity index (χ2v) is 19.4. The van der Waals surface area contributed by atoms with Crippen LogP contribution in [-0.4, -0.2) is 38.2 Å². The molecule has 5 unspecified atom stereocenters.